The van der Waals surface area contributed by atoms with Gasteiger partial charge >= 0.3 is 6.18 Å². The Morgan fingerprint density at radius 3 is 2.67 bits per heavy atom. The van der Waals surface area contributed by atoms with Gasteiger partial charge in [0.25, 0.3) is 0 Å². The first-order valence-corrected chi connectivity index (χ1v) is 8.07. The normalized spacial score (nSPS) is 25.6. The topological polar surface area (TPSA) is 64.2 Å². The Balaban J connectivity index is 1.71. The lowest BCUT2D eigenvalue weighted by molar-refractivity contribution is -0.172. The maximum atomic E-state index is 14.3. The zero-order chi connectivity index (χ0) is 17.5. The molecule has 134 valence electrons. The van der Waals surface area contributed by atoms with Crippen LogP contribution in [0, 0.1) is 5.92 Å². The number of nitrogens with two attached hydrogens (primary N) is 1. The van der Waals surface area contributed by atoms with Crippen LogP contribution in [0.5, 0.6) is 0 Å². The predicted molar refractivity (Wildman–Crippen MR) is 80.4 cm³/mol. The van der Waals surface area contributed by atoms with Crippen LogP contribution in [-0.2, 0) is 4.79 Å². The average molecular weight is 348 g/mol. The van der Waals surface area contributed by atoms with Crippen LogP contribution in [0.15, 0.2) is 6.20 Å². The lowest BCUT2D eigenvalue weighted by atomic mass is 9.94. The molecule has 0 spiro atoms. The first-order chi connectivity index (χ1) is 11.3. The SMILES string of the molecule is Nc1cnn(C2CC2)c1N1CCC(CC(=O)C(F)(F)F)CC(F)C1. The average Bonchev–Trinajstić information content (AvgIpc) is 3.26. The van der Waals surface area contributed by atoms with E-state index in [0.29, 0.717) is 24.5 Å². The molecule has 1 saturated heterocycles. The molecule has 1 aromatic rings. The van der Waals surface area contributed by atoms with Gasteiger partial charge in [-0.15, -0.1) is 0 Å². The molecule has 2 aliphatic rings. The van der Waals surface area contributed by atoms with Gasteiger partial charge in [-0.1, -0.05) is 0 Å². The van der Waals surface area contributed by atoms with E-state index in [2.05, 4.69) is 5.10 Å². The second kappa shape index (κ2) is 6.25. The first-order valence-electron chi connectivity index (χ1n) is 8.07. The van der Waals surface area contributed by atoms with E-state index in [-0.39, 0.29) is 19.0 Å². The minimum atomic E-state index is -4.85. The zero-order valence-electron chi connectivity index (χ0n) is 13.1. The molecule has 1 aliphatic heterocycles. The molecule has 2 fully saturated rings. The van der Waals surface area contributed by atoms with Crippen molar-refractivity contribution in [3.8, 4) is 0 Å². The summed E-state index contributed by atoms with van der Waals surface area (Å²) in [6, 6.07) is 0.265. The molecular weight excluding hydrogens is 328 g/mol. The van der Waals surface area contributed by atoms with E-state index in [1.807, 2.05) is 0 Å². The second-order valence-corrected chi connectivity index (χ2v) is 6.66. The van der Waals surface area contributed by atoms with Crippen LogP contribution in [0.2, 0.25) is 0 Å². The number of anilines is 2. The second-order valence-electron chi connectivity index (χ2n) is 6.66. The summed E-state index contributed by atoms with van der Waals surface area (Å²) in [4.78, 5) is 12.9. The van der Waals surface area contributed by atoms with Crippen LogP contribution in [0.4, 0.5) is 29.1 Å². The molecule has 5 nitrogen and oxygen atoms in total. The molecule has 2 N–H and O–H groups in total. The summed E-state index contributed by atoms with van der Waals surface area (Å²) in [6.07, 6.45) is -3.04. The van der Waals surface area contributed by atoms with Gasteiger partial charge in [0.2, 0.25) is 5.78 Å². The summed E-state index contributed by atoms with van der Waals surface area (Å²) in [5.41, 5.74) is 6.40. The van der Waals surface area contributed by atoms with Crippen molar-refractivity contribution in [3.63, 3.8) is 0 Å². The van der Waals surface area contributed by atoms with Gasteiger partial charge in [0.1, 0.15) is 6.17 Å². The summed E-state index contributed by atoms with van der Waals surface area (Å²) in [7, 11) is 0. The molecule has 0 aromatic carbocycles. The summed E-state index contributed by atoms with van der Waals surface area (Å²) >= 11 is 0. The lowest BCUT2D eigenvalue weighted by Crippen LogP contribution is -2.31. The van der Waals surface area contributed by atoms with Crippen molar-refractivity contribution in [1.82, 2.24) is 9.78 Å². The monoisotopic (exact) mass is 348 g/mol. The van der Waals surface area contributed by atoms with E-state index in [0.717, 1.165) is 12.8 Å². The Hall–Kier alpha value is -1.80. The Kier molecular flexibility index (Phi) is 4.44. The molecule has 2 atom stereocenters. The Labute approximate surface area is 136 Å². The number of rotatable bonds is 4. The number of hydrogen-bond donors (Lipinski definition) is 1. The highest BCUT2D eigenvalue weighted by molar-refractivity contribution is 5.84. The number of carbonyl (C=O) groups is 1. The van der Waals surface area contributed by atoms with Crippen molar-refractivity contribution in [2.24, 2.45) is 5.92 Å². The van der Waals surface area contributed by atoms with Crippen molar-refractivity contribution in [1.29, 1.82) is 0 Å². The quantitative estimate of drug-likeness (QED) is 0.850. The van der Waals surface area contributed by atoms with E-state index in [4.69, 9.17) is 5.73 Å². The number of hydrogen-bond acceptors (Lipinski definition) is 4. The molecule has 0 amide bonds. The first kappa shape index (κ1) is 17.0. The van der Waals surface area contributed by atoms with E-state index in [1.54, 1.807) is 9.58 Å². The Morgan fingerprint density at radius 1 is 1.33 bits per heavy atom. The Bertz CT molecular complexity index is 611. The number of ketones is 1. The highest BCUT2D eigenvalue weighted by atomic mass is 19.4. The molecule has 3 rings (SSSR count). The van der Waals surface area contributed by atoms with E-state index in [9.17, 15) is 22.4 Å². The highest BCUT2D eigenvalue weighted by Gasteiger charge is 2.40. The fraction of sp³-hybridized carbons (Fsp3) is 0.733. The van der Waals surface area contributed by atoms with Crippen molar-refractivity contribution < 1.29 is 22.4 Å². The van der Waals surface area contributed by atoms with Gasteiger partial charge in [0, 0.05) is 13.0 Å². The van der Waals surface area contributed by atoms with Gasteiger partial charge in [-0.3, -0.25) is 4.79 Å². The van der Waals surface area contributed by atoms with Crippen molar-refractivity contribution in [2.45, 2.75) is 50.5 Å². The smallest absolute Gasteiger partial charge is 0.394 e. The van der Waals surface area contributed by atoms with Gasteiger partial charge in [-0.05, 0) is 31.6 Å². The fourth-order valence-corrected chi connectivity index (χ4v) is 3.26. The van der Waals surface area contributed by atoms with Gasteiger partial charge in [0.15, 0.2) is 5.82 Å². The summed E-state index contributed by atoms with van der Waals surface area (Å²) in [6.45, 7) is 0.415. The van der Waals surface area contributed by atoms with Crippen molar-refractivity contribution in [3.05, 3.63) is 6.20 Å². The predicted octanol–water partition coefficient (Wildman–Crippen LogP) is 2.88. The molecule has 0 radical (unpaired) electrons. The number of nitrogens with zero attached hydrogens (tertiary/aromatic N) is 3. The number of halogens is 4. The minimum Gasteiger partial charge on any atom is -0.394 e. The summed E-state index contributed by atoms with van der Waals surface area (Å²) in [5, 5.41) is 4.23. The molecule has 2 unspecified atom stereocenters. The zero-order valence-corrected chi connectivity index (χ0v) is 13.1. The molecule has 9 heteroatoms. The van der Waals surface area contributed by atoms with Crippen molar-refractivity contribution >= 4 is 17.3 Å². The van der Waals surface area contributed by atoms with Crippen LogP contribution >= 0.6 is 0 Å². The van der Waals surface area contributed by atoms with Gasteiger partial charge in [0.05, 0.1) is 24.5 Å². The molecule has 0 bridgehead atoms. The molecule has 1 aliphatic carbocycles. The number of aromatic nitrogens is 2. The highest BCUT2D eigenvalue weighted by Crippen LogP contribution is 2.40. The third-order valence-electron chi connectivity index (χ3n) is 4.59. The van der Waals surface area contributed by atoms with Crippen molar-refractivity contribution in [2.75, 3.05) is 23.7 Å². The maximum absolute atomic E-state index is 14.3. The summed E-state index contributed by atoms with van der Waals surface area (Å²) < 4.78 is 53.3. The largest absolute Gasteiger partial charge is 0.449 e. The Morgan fingerprint density at radius 2 is 2.04 bits per heavy atom. The van der Waals surface area contributed by atoms with Crippen LogP contribution in [0.25, 0.3) is 0 Å². The van der Waals surface area contributed by atoms with Crippen LogP contribution in [0.1, 0.15) is 38.1 Å². The van der Waals surface area contributed by atoms with Crippen LogP contribution in [0.3, 0.4) is 0 Å². The molecule has 2 heterocycles. The third kappa shape index (κ3) is 3.64. The molecular formula is C15H20F4N4O. The maximum Gasteiger partial charge on any atom is 0.449 e. The fourth-order valence-electron chi connectivity index (χ4n) is 3.26. The van der Waals surface area contributed by atoms with E-state index >= 15 is 0 Å². The van der Waals surface area contributed by atoms with Gasteiger partial charge in [-0.25, -0.2) is 9.07 Å². The lowest BCUT2D eigenvalue weighted by Gasteiger charge is -2.25. The number of carbonyl (C=O) groups excluding carboxylic acids is 1. The molecule has 1 saturated carbocycles. The molecule has 1 aromatic heterocycles. The summed E-state index contributed by atoms with van der Waals surface area (Å²) in [5.74, 6) is -1.75. The number of alkyl halides is 4. The third-order valence-corrected chi connectivity index (χ3v) is 4.59. The van der Waals surface area contributed by atoms with Gasteiger partial charge < -0.3 is 10.6 Å². The standard InChI is InChI=1S/C15H20F4N4O/c16-10-5-9(6-13(24)15(17,18)19)3-4-22(8-10)14-12(20)7-21-23(14)11-1-2-11/h7,9-11H,1-6,8,20H2. The number of Topliss-reactive ketones (excluding diaryl/α,β-unsaturated/α-hetero) is 1. The van der Waals surface area contributed by atoms with E-state index in [1.165, 1.54) is 6.20 Å². The van der Waals surface area contributed by atoms with E-state index < -0.39 is 30.5 Å². The molecule has 24 heavy (non-hydrogen) atoms. The minimum absolute atomic E-state index is 0.0458. The van der Waals surface area contributed by atoms with Crippen LogP contribution < -0.4 is 10.6 Å². The number of nitrogen functional groups attached to an aromatic ring is 1. The van der Waals surface area contributed by atoms with Crippen LogP contribution in [-0.4, -0.2) is 41.0 Å². The van der Waals surface area contributed by atoms with Gasteiger partial charge in [-0.2, -0.15) is 18.3 Å².